The van der Waals surface area contributed by atoms with Gasteiger partial charge in [-0.3, -0.25) is 4.79 Å². The Bertz CT molecular complexity index is 394. The summed E-state index contributed by atoms with van der Waals surface area (Å²) in [5.41, 5.74) is 0. The van der Waals surface area contributed by atoms with Gasteiger partial charge in [0.05, 0.1) is 0 Å². The van der Waals surface area contributed by atoms with E-state index in [4.69, 9.17) is 11.6 Å². The molecule has 0 saturated heterocycles. The van der Waals surface area contributed by atoms with Gasteiger partial charge in [0.25, 0.3) is 0 Å². The summed E-state index contributed by atoms with van der Waals surface area (Å²) in [6, 6.07) is 3.36. The summed E-state index contributed by atoms with van der Waals surface area (Å²) in [6.45, 7) is 2.13. The third-order valence-corrected chi connectivity index (χ3v) is 3.41. The number of nitrogens with zero attached hydrogens (tertiary/aromatic N) is 1. The predicted octanol–water partition coefficient (Wildman–Crippen LogP) is 3.11. The molecule has 1 amide bonds. The zero-order chi connectivity index (χ0) is 11.5. The Kier molecular flexibility index (Phi) is 3.44. The summed E-state index contributed by atoms with van der Waals surface area (Å²) in [4.78, 5) is 16.0. The van der Waals surface area contributed by atoms with Crippen molar-refractivity contribution in [2.45, 2.75) is 26.2 Å². The molecule has 1 aromatic rings. The first kappa shape index (κ1) is 11.4. The first-order valence-electron chi connectivity index (χ1n) is 5.59. The average molecular weight is 239 g/mol. The van der Waals surface area contributed by atoms with Crippen molar-refractivity contribution >= 4 is 23.3 Å². The van der Waals surface area contributed by atoms with Crippen molar-refractivity contribution in [1.29, 1.82) is 0 Å². The minimum atomic E-state index is 0.0692. The van der Waals surface area contributed by atoms with E-state index in [1.165, 1.54) is 0 Å². The second kappa shape index (κ2) is 4.83. The van der Waals surface area contributed by atoms with E-state index in [0.717, 1.165) is 19.3 Å². The van der Waals surface area contributed by atoms with Crippen molar-refractivity contribution < 1.29 is 4.79 Å². The van der Waals surface area contributed by atoms with Crippen molar-refractivity contribution in [3.8, 4) is 0 Å². The van der Waals surface area contributed by atoms with Crippen LogP contribution in [-0.2, 0) is 4.79 Å². The van der Waals surface area contributed by atoms with Gasteiger partial charge in [0.2, 0.25) is 5.91 Å². The number of anilines is 1. The van der Waals surface area contributed by atoms with E-state index in [1.54, 1.807) is 18.3 Å². The molecule has 0 spiro atoms. The van der Waals surface area contributed by atoms with Crippen LogP contribution >= 0.6 is 11.6 Å². The van der Waals surface area contributed by atoms with Crippen molar-refractivity contribution in [2.24, 2.45) is 11.8 Å². The third-order valence-electron chi connectivity index (χ3n) is 3.17. The molecular formula is C12H15ClN2O. The van der Waals surface area contributed by atoms with Gasteiger partial charge < -0.3 is 5.32 Å². The van der Waals surface area contributed by atoms with E-state index < -0.39 is 0 Å². The molecule has 1 heterocycles. The molecule has 0 bridgehead atoms. The van der Waals surface area contributed by atoms with Crippen LogP contribution in [0.2, 0.25) is 5.02 Å². The molecule has 2 atom stereocenters. The Morgan fingerprint density at radius 3 is 3.00 bits per heavy atom. The fourth-order valence-corrected chi connectivity index (χ4v) is 2.39. The monoisotopic (exact) mass is 238 g/mol. The maximum atomic E-state index is 11.9. The molecule has 0 aromatic carbocycles. The highest BCUT2D eigenvalue weighted by Crippen LogP contribution is 2.31. The largest absolute Gasteiger partial charge is 0.310 e. The number of carbonyl (C=O) groups is 1. The van der Waals surface area contributed by atoms with Crippen LogP contribution in [-0.4, -0.2) is 10.9 Å². The molecule has 86 valence electrons. The third kappa shape index (κ3) is 2.53. The van der Waals surface area contributed by atoms with Crippen LogP contribution in [0.1, 0.15) is 26.2 Å². The van der Waals surface area contributed by atoms with E-state index in [-0.39, 0.29) is 11.8 Å². The van der Waals surface area contributed by atoms with Crippen LogP contribution in [0.4, 0.5) is 5.82 Å². The molecule has 1 aliphatic rings. The fraction of sp³-hybridized carbons (Fsp3) is 0.500. The van der Waals surface area contributed by atoms with Gasteiger partial charge in [0.1, 0.15) is 5.82 Å². The van der Waals surface area contributed by atoms with Crippen LogP contribution in [0.3, 0.4) is 0 Å². The number of pyridine rings is 1. The zero-order valence-electron chi connectivity index (χ0n) is 9.24. The summed E-state index contributed by atoms with van der Waals surface area (Å²) in [7, 11) is 0. The van der Waals surface area contributed by atoms with Crippen molar-refractivity contribution in [3.63, 3.8) is 0 Å². The molecule has 16 heavy (non-hydrogen) atoms. The van der Waals surface area contributed by atoms with Gasteiger partial charge in [-0.1, -0.05) is 24.9 Å². The molecule has 1 saturated carbocycles. The van der Waals surface area contributed by atoms with Gasteiger partial charge in [-0.05, 0) is 30.9 Å². The maximum absolute atomic E-state index is 11.9. The van der Waals surface area contributed by atoms with Crippen LogP contribution in [0.25, 0.3) is 0 Å². The quantitative estimate of drug-likeness (QED) is 0.860. The van der Waals surface area contributed by atoms with Crippen molar-refractivity contribution in [3.05, 3.63) is 23.4 Å². The highest BCUT2D eigenvalue weighted by Gasteiger charge is 2.29. The summed E-state index contributed by atoms with van der Waals surface area (Å²) < 4.78 is 0. The lowest BCUT2D eigenvalue weighted by Crippen LogP contribution is -2.24. The molecule has 1 aliphatic carbocycles. The number of hydrogen-bond donors (Lipinski definition) is 1. The number of halogens is 1. The number of aromatic nitrogens is 1. The summed E-state index contributed by atoms with van der Waals surface area (Å²) in [6.07, 6.45) is 4.85. The number of hydrogen-bond acceptors (Lipinski definition) is 2. The number of nitrogens with one attached hydrogen (secondary N) is 1. The van der Waals surface area contributed by atoms with Crippen LogP contribution in [0.5, 0.6) is 0 Å². The molecular weight excluding hydrogens is 224 g/mol. The molecule has 4 heteroatoms. The second-order valence-electron chi connectivity index (χ2n) is 4.36. The maximum Gasteiger partial charge on any atom is 0.228 e. The number of rotatable bonds is 2. The lowest BCUT2D eigenvalue weighted by Gasteiger charge is -2.14. The fourth-order valence-electron chi connectivity index (χ4n) is 2.23. The van der Waals surface area contributed by atoms with E-state index >= 15 is 0 Å². The normalized spacial score (nSPS) is 24.4. The summed E-state index contributed by atoms with van der Waals surface area (Å²) in [5, 5.41) is 3.41. The molecule has 2 unspecified atom stereocenters. The Hall–Kier alpha value is -1.09. The molecule has 0 radical (unpaired) electrons. The summed E-state index contributed by atoms with van der Waals surface area (Å²) in [5.74, 6) is 1.20. The topological polar surface area (TPSA) is 42.0 Å². The van der Waals surface area contributed by atoms with Gasteiger partial charge in [-0.25, -0.2) is 4.98 Å². The second-order valence-corrected chi connectivity index (χ2v) is 4.80. The Morgan fingerprint density at radius 1 is 1.56 bits per heavy atom. The van der Waals surface area contributed by atoms with Crippen molar-refractivity contribution in [1.82, 2.24) is 4.98 Å². The molecule has 1 aromatic heterocycles. The Morgan fingerprint density at radius 2 is 2.38 bits per heavy atom. The van der Waals surface area contributed by atoms with E-state index in [1.807, 2.05) is 0 Å². The highest BCUT2D eigenvalue weighted by molar-refractivity contribution is 6.30. The summed E-state index contributed by atoms with van der Waals surface area (Å²) >= 11 is 5.83. The Balaban J connectivity index is 2.02. The first-order valence-corrected chi connectivity index (χ1v) is 5.97. The van der Waals surface area contributed by atoms with E-state index in [2.05, 4.69) is 17.2 Å². The molecule has 1 N–H and O–H groups in total. The van der Waals surface area contributed by atoms with Crippen molar-refractivity contribution in [2.75, 3.05) is 5.32 Å². The van der Waals surface area contributed by atoms with E-state index in [0.29, 0.717) is 16.8 Å². The van der Waals surface area contributed by atoms with Crippen LogP contribution in [0.15, 0.2) is 18.3 Å². The first-order chi connectivity index (χ1) is 7.66. The van der Waals surface area contributed by atoms with Gasteiger partial charge in [0.15, 0.2) is 0 Å². The van der Waals surface area contributed by atoms with E-state index in [9.17, 15) is 4.79 Å². The van der Waals surface area contributed by atoms with Crippen LogP contribution in [0, 0.1) is 11.8 Å². The molecule has 2 rings (SSSR count). The number of carbonyl (C=O) groups excluding carboxylic acids is 1. The average Bonchev–Trinajstić information content (AvgIpc) is 2.64. The molecule has 1 fully saturated rings. The van der Waals surface area contributed by atoms with Gasteiger partial charge in [-0.2, -0.15) is 0 Å². The van der Waals surface area contributed by atoms with Gasteiger partial charge in [-0.15, -0.1) is 0 Å². The Labute approximate surface area is 100 Å². The minimum Gasteiger partial charge on any atom is -0.310 e. The highest BCUT2D eigenvalue weighted by atomic mass is 35.5. The molecule has 0 aliphatic heterocycles. The number of amides is 1. The van der Waals surface area contributed by atoms with Gasteiger partial charge in [0, 0.05) is 17.1 Å². The molecule has 3 nitrogen and oxygen atoms in total. The zero-order valence-corrected chi connectivity index (χ0v) is 10.00. The van der Waals surface area contributed by atoms with Crippen LogP contribution < -0.4 is 5.32 Å². The smallest absolute Gasteiger partial charge is 0.228 e. The SMILES string of the molecule is CC1CCCC1C(=O)Nc1cc(Cl)ccn1. The van der Waals surface area contributed by atoms with Gasteiger partial charge >= 0.3 is 0 Å². The predicted molar refractivity (Wildman–Crippen MR) is 64.4 cm³/mol. The lowest BCUT2D eigenvalue weighted by molar-refractivity contribution is -0.120. The minimum absolute atomic E-state index is 0.0692. The standard InChI is InChI=1S/C12H15ClN2O/c1-8-3-2-4-10(8)12(16)15-11-7-9(13)5-6-14-11/h5-8,10H,2-4H2,1H3,(H,14,15,16). The lowest BCUT2D eigenvalue weighted by atomic mass is 9.97.